The topological polar surface area (TPSA) is 50.4 Å². The van der Waals surface area contributed by atoms with Gasteiger partial charge >= 0.3 is 0 Å². The van der Waals surface area contributed by atoms with Gasteiger partial charge in [-0.25, -0.2) is 0 Å². The van der Waals surface area contributed by atoms with Crippen LogP contribution in [-0.2, 0) is 9.53 Å². The number of likely N-dealkylation sites (N-methyl/N-ethyl adjacent to an activating group) is 1. The Hall–Kier alpha value is -0.610. The van der Waals surface area contributed by atoms with Gasteiger partial charge in [0.05, 0.1) is 6.54 Å². The molecule has 0 aromatic rings. The standard InChI is InChI=1S/C9H18N2O2/c1-2-10-7-9(12)11-8-3-5-13-6-4-8/h8,10H,2-7H2,1H3,(H,11,12). The smallest absolute Gasteiger partial charge is 0.234 e. The highest BCUT2D eigenvalue weighted by Gasteiger charge is 2.15. The van der Waals surface area contributed by atoms with Gasteiger partial charge in [0.1, 0.15) is 0 Å². The Balaban J connectivity index is 2.11. The summed E-state index contributed by atoms with van der Waals surface area (Å²) in [4.78, 5) is 11.3. The van der Waals surface area contributed by atoms with Crippen LogP contribution in [0.25, 0.3) is 0 Å². The molecule has 1 aliphatic rings. The molecule has 1 aliphatic heterocycles. The van der Waals surface area contributed by atoms with E-state index in [1.807, 2.05) is 6.92 Å². The predicted octanol–water partition coefficient (Wildman–Crippen LogP) is -0.109. The summed E-state index contributed by atoms with van der Waals surface area (Å²) in [6, 6.07) is 0.319. The average molecular weight is 186 g/mol. The maximum atomic E-state index is 11.3. The van der Waals surface area contributed by atoms with E-state index < -0.39 is 0 Å². The fourth-order valence-electron chi connectivity index (χ4n) is 1.36. The molecule has 0 atom stereocenters. The van der Waals surface area contributed by atoms with Gasteiger partial charge in [0.15, 0.2) is 0 Å². The molecule has 0 radical (unpaired) electrons. The van der Waals surface area contributed by atoms with Crippen molar-refractivity contribution in [2.75, 3.05) is 26.3 Å². The van der Waals surface area contributed by atoms with Gasteiger partial charge in [-0.2, -0.15) is 0 Å². The molecule has 1 rings (SSSR count). The largest absolute Gasteiger partial charge is 0.381 e. The van der Waals surface area contributed by atoms with Crippen molar-refractivity contribution in [1.29, 1.82) is 0 Å². The minimum atomic E-state index is 0.0914. The molecule has 0 bridgehead atoms. The maximum Gasteiger partial charge on any atom is 0.234 e. The summed E-state index contributed by atoms with van der Waals surface area (Å²) in [5.74, 6) is 0.0914. The first-order valence-corrected chi connectivity index (χ1v) is 4.90. The average Bonchev–Trinajstić information content (AvgIpc) is 2.16. The van der Waals surface area contributed by atoms with Crippen molar-refractivity contribution >= 4 is 5.91 Å². The second-order valence-corrected chi connectivity index (χ2v) is 3.23. The molecule has 1 amide bonds. The van der Waals surface area contributed by atoms with Crippen LogP contribution < -0.4 is 10.6 Å². The molecule has 0 unspecified atom stereocenters. The molecule has 0 saturated carbocycles. The minimum Gasteiger partial charge on any atom is -0.381 e. The van der Waals surface area contributed by atoms with Crippen LogP contribution in [0.4, 0.5) is 0 Å². The van der Waals surface area contributed by atoms with E-state index in [9.17, 15) is 4.79 Å². The molecule has 0 aromatic carbocycles. The molecule has 1 fully saturated rings. The molecule has 0 spiro atoms. The van der Waals surface area contributed by atoms with Crippen molar-refractivity contribution in [1.82, 2.24) is 10.6 Å². The molecule has 76 valence electrons. The summed E-state index contributed by atoms with van der Waals surface area (Å²) in [7, 11) is 0. The lowest BCUT2D eigenvalue weighted by Crippen LogP contribution is -2.42. The summed E-state index contributed by atoms with van der Waals surface area (Å²) >= 11 is 0. The summed E-state index contributed by atoms with van der Waals surface area (Å²) < 4.78 is 5.20. The molecule has 0 aliphatic carbocycles. The van der Waals surface area contributed by atoms with E-state index in [1.165, 1.54) is 0 Å². The normalized spacial score (nSPS) is 18.5. The zero-order valence-corrected chi connectivity index (χ0v) is 8.14. The van der Waals surface area contributed by atoms with Crippen molar-refractivity contribution in [3.8, 4) is 0 Å². The Kier molecular flexibility index (Phi) is 4.78. The third kappa shape index (κ3) is 4.24. The number of carbonyl (C=O) groups excluding carboxylic acids is 1. The maximum absolute atomic E-state index is 11.3. The Morgan fingerprint density at radius 1 is 1.46 bits per heavy atom. The summed E-state index contributed by atoms with van der Waals surface area (Å²) in [6.07, 6.45) is 1.88. The highest BCUT2D eigenvalue weighted by Crippen LogP contribution is 2.05. The lowest BCUT2D eigenvalue weighted by atomic mass is 10.1. The zero-order valence-electron chi connectivity index (χ0n) is 8.14. The van der Waals surface area contributed by atoms with Gasteiger partial charge in [-0.15, -0.1) is 0 Å². The van der Waals surface area contributed by atoms with Crippen molar-refractivity contribution in [3.05, 3.63) is 0 Å². The van der Waals surface area contributed by atoms with E-state index >= 15 is 0 Å². The molecule has 2 N–H and O–H groups in total. The molecule has 13 heavy (non-hydrogen) atoms. The van der Waals surface area contributed by atoms with Crippen LogP contribution in [0.15, 0.2) is 0 Å². The van der Waals surface area contributed by atoms with Crippen LogP contribution >= 0.6 is 0 Å². The third-order valence-electron chi connectivity index (χ3n) is 2.12. The third-order valence-corrected chi connectivity index (χ3v) is 2.12. The van der Waals surface area contributed by atoms with E-state index in [-0.39, 0.29) is 5.91 Å². The van der Waals surface area contributed by atoms with Gasteiger partial charge < -0.3 is 15.4 Å². The highest BCUT2D eigenvalue weighted by atomic mass is 16.5. The highest BCUT2D eigenvalue weighted by molar-refractivity contribution is 5.78. The molecule has 0 aromatic heterocycles. The zero-order chi connectivity index (χ0) is 9.52. The second kappa shape index (κ2) is 5.94. The minimum absolute atomic E-state index is 0.0914. The van der Waals surface area contributed by atoms with Gasteiger partial charge in [-0.3, -0.25) is 4.79 Å². The van der Waals surface area contributed by atoms with E-state index in [1.54, 1.807) is 0 Å². The molecular weight excluding hydrogens is 168 g/mol. The van der Waals surface area contributed by atoms with Crippen molar-refractivity contribution < 1.29 is 9.53 Å². The SMILES string of the molecule is CCNCC(=O)NC1CCOCC1. The molecule has 1 heterocycles. The second-order valence-electron chi connectivity index (χ2n) is 3.23. The monoisotopic (exact) mass is 186 g/mol. The fraction of sp³-hybridized carbons (Fsp3) is 0.889. The lowest BCUT2D eigenvalue weighted by molar-refractivity contribution is -0.121. The van der Waals surface area contributed by atoms with Gasteiger partial charge in [0, 0.05) is 19.3 Å². The molecular formula is C9H18N2O2. The van der Waals surface area contributed by atoms with Crippen LogP contribution in [0.1, 0.15) is 19.8 Å². The van der Waals surface area contributed by atoms with Crippen LogP contribution in [0.2, 0.25) is 0 Å². The summed E-state index contributed by atoms with van der Waals surface area (Å²) in [5, 5.41) is 5.97. The number of nitrogens with one attached hydrogen (secondary N) is 2. The molecule has 4 nitrogen and oxygen atoms in total. The fourth-order valence-corrected chi connectivity index (χ4v) is 1.36. The lowest BCUT2D eigenvalue weighted by Gasteiger charge is -2.23. The first-order valence-electron chi connectivity index (χ1n) is 4.90. The predicted molar refractivity (Wildman–Crippen MR) is 50.5 cm³/mol. The van der Waals surface area contributed by atoms with Crippen molar-refractivity contribution in [3.63, 3.8) is 0 Å². The van der Waals surface area contributed by atoms with Crippen molar-refractivity contribution in [2.24, 2.45) is 0 Å². The number of rotatable bonds is 4. The molecule has 4 heteroatoms. The Morgan fingerprint density at radius 3 is 2.77 bits per heavy atom. The van der Waals surface area contributed by atoms with Gasteiger partial charge in [0.25, 0.3) is 0 Å². The van der Waals surface area contributed by atoms with Crippen molar-refractivity contribution in [2.45, 2.75) is 25.8 Å². The molecule has 1 saturated heterocycles. The Labute approximate surface area is 79.0 Å². The first-order chi connectivity index (χ1) is 6.33. The van der Waals surface area contributed by atoms with E-state index in [4.69, 9.17) is 4.74 Å². The van der Waals surface area contributed by atoms with Crippen LogP contribution in [-0.4, -0.2) is 38.3 Å². The Morgan fingerprint density at radius 2 is 2.15 bits per heavy atom. The first kappa shape index (κ1) is 10.5. The van der Waals surface area contributed by atoms with Gasteiger partial charge in [-0.05, 0) is 19.4 Å². The Bertz CT molecular complexity index is 156. The number of carbonyl (C=O) groups is 1. The van der Waals surface area contributed by atoms with Gasteiger partial charge in [0.2, 0.25) is 5.91 Å². The quantitative estimate of drug-likeness (QED) is 0.644. The van der Waals surface area contributed by atoms with E-state index in [2.05, 4.69) is 10.6 Å². The number of hydrogen-bond acceptors (Lipinski definition) is 3. The van der Waals surface area contributed by atoms with Crippen LogP contribution in [0.5, 0.6) is 0 Å². The number of amides is 1. The van der Waals surface area contributed by atoms with Crippen LogP contribution in [0.3, 0.4) is 0 Å². The summed E-state index contributed by atoms with van der Waals surface area (Å²) in [6.45, 7) is 4.79. The number of ether oxygens (including phenoxy) is 1. The van der Waals surface area contributed by atoms with E-state index in [0.717, 1.165) is 32.6 Å². The summed E-state index contributed by atoms with van der Waals surface area (Å²) in [5.41, 5.74) is 0. The number of hydrogen-bond donors (Lipinski definition) is 2. The van der Waals surface area contributed by atoms with Gasteiger partial charge in [-0.1, -0.05) is 6.92 Å². The van der Waals surface area contributed by atoms with E-state index in [0.29, 0.717) is 12.6 Å². The van der Waals surface area contributed by atoms with Crippen LogP contribution in [0, 0.1) is 0 Å².